The molecule has 1 saturated carbocycles. The number of nitrogens with one attached hydrogen (secondary N) is 1. The van der Waals surface area contributed by atoms with Crippen molar-refractivity contribution in [3.63, 3.8) is 0 Å². The Morgan fingerprint density at radius 3 is 2.28 bits per heavy atom. The Hall–Kier alpha value is -2.78. The van der Waals surface area contributed by atoms with E-state index in [4.69, 9.17) is 34.8 Å². The van der Waals surface area contributed by atoms with Crippen molar-refractivity contribution in [2.45, 2.75) is 75.9 Å². The van der Waals surface area contributed by atoms with Crippen LogP contribution in [-0.2, 0) is 26.2 Å². The summed E-state index contributed by atoms with van der Waals surface area (Å²) < 4.78 is 29.1. The maximum atomic E-state index is 14.3. The smallest absolute Gasteiger partial charge is 0.264 e. The third-order valence-corrected chi connectivity index (χ3v) is 10.5. The van der Waals surface area contributed by atoms with E-state index < -0.39 is 28.5 Å². The molecule has 1 aliphatic rings. The number of nitrogens with zero attached hydrogens (tertiary/aromatic N) is 2. The number of anilines is 1. The van der Waals surface area contributed by atoms with Crippen LogP contribution in [0.15, 0.2) is 71.6 Å². The van der Waals surface area contributed by atoms with E-state index in [1.54, 1.807) is 55.5 Å². The van der Waals surface area contributed by atoms with Crippen molar-refractivity contribution in [1.29, 1.82) is 0 Å². The number of carbonyl (C=O) groups is 2. The Balaban J connectivity index is 1.74. The van der Waals surface area contributed by atoms with E-state index in [1.807, 2.05) is 6.92 Å². The Morgan fingerprint density at radius 1 is 0.930 bits per heavy atom. The fourth-order valence-corrected chi connectivity index (χ4v) is 7.36. The van der Waals surface area contributed by atoms with Gasteiger partial charge in [0.15, 0.2) is 0 Å². The zero-order valence-electron chi connectivity index (χ0n) is 24.2. The summed E-state index contributed by atoms with van der Waals surface area (Å²) in [7, 11) is -4.19. The predicted molar refractivity (Wildman–Crippen MR) is 173 cm³/mol. The van der Waals surface area contributed by atoms with Gasteiger partial charge in [-0.2, -0.15) is 0 Å². The number of sulfonamides is 1. The third kappa shape index (κ3) is 8.24. The molecule has 1 N–H and O–H groups in total. The maximum Gasteiger partial charge on any atom is 0.264 e. The van der Waals surface area contributed by atoms with Crippen LogP contribution in [0.25, 0.3) is 0 Å². The molecule has 2 amide bonds. The van der Waals surface area contributed by atoms with Crippen molar-refractivity contribution < 1.29 is 18.0 Å². The van der Waals surface area contributed by atoms with Gasteiger partial charge in [-0.3, -0.25) is 13.9 Å². The van der Waals surface area contributed by atoms with Crippen molar-refractivity contribution in [2.24, 2.45) is 0 Å². The number of hydrogen-bond acceptors (Lipinski definition) is 4. The molecular weight excluding hydrogens is 629 g/mol. The predicted octanol–water partition coefficient (Wildman–Crippen LogP) is 7.41. The van der Waals surface area contributed by atoms with Gasteiger partial charge < -0.3 is 10.2 Å². The van der Waals surface area contributed by atoms with Crippen LogP contribution in [0.1, 0.15) is 56.6 Å². The minimum absolute atomic E-state index is 0.0278. The molecule has 0 aliphatic heterocycles. The highest BCUT2D eigenvalue weighted by Crippen LogP contribution is 2.31. The molecule has 1 atom stereocenters. The number of rotatable bonds is 11. The van der Waals surface area contributed by atoms with E-state index in [9.17, 15) is 18.0 Å². The number of halogens is 3. The minimum Gasteiger partial charge on any atom is -0.352 e. The normalized spacial score (nSPS) is 14.6. The second kappa shape index (κ2) is 14.8. The molecule has 0 heterocycles. The van der Waals surface area contributed by atoms with Gasteiger partial charge in [-0.15, -0.1) is 0 Å². The summed E-state index contributed by atoms with van der Waals surface area (Å²) >= 11 is 18.7. The van der Waals surface area contributed by atoms with Crippen LogP contribution in [0.3, 0.4) is 0 Å². The topological polar surface area (TPSA) is 86.8 Å². The second-order valence-corrected chi connectivity index (χ2v) is 13.9. The molecule has 1 aliphatic carbocycles. The molecule has 7 nitrogen and oxygen atoms in total. The van der Waals surface area contributed by atoms with Crippen molar-refractivity contribution in [3.8, 4) is 0 Å². The van der Waals surface area contributed by atoms with Crippen LogP contribution >= 0.6 is 34.8 Å². The first-order valence-electron chi connectivity index (χ1n) is 14.4. The van der Waals surface area contributed by atoms with Crippen molar-refractivity contribution >= 4 is 62.3 Å². The van der Waals surface area contributed by atoms with Crippen LogP contribution in [0.5, 0.6) is 0 Å². The lowest BCUT2D eigenvalue weighted by atomic mass is 9.95. The average molecular weight is 665 g/mol. The molecule has 1 fully saturated rings. The molecule has 230 valence electrons. The number of aryl methyl sites for hydroxylation is 1. The highest BCUT2D eigenvalue weighted by atomic mass is 35.5. The van der Waals surface area contributed by atoms with Gasteiger partial charge in [-0.05, 0) is 73.7 Å². The molecular formula is C32H36Cl3N3O4S. The van der Waals surface area contributed by atoms with E-state index in [0.717, 1.165) is 36.4 Å². The largest absolute Gasteiger partial charge is 0.352 e. The lowest BCUT2D eigenvalue weighted by Crippen LogP contribution is -2.54. The zero-order valence-corrected chi connectivity index (χ0v) is 27.3. The summed E-state index contributed by atoms with van der Waals surface area (Å²) in [5, 5.41) is 4.14. The van der Waals surface area contributed by atoms with Crippen LogP contribution in [0.2, 0.25) is 15.1 Å². The van der Waals surface area contributed by atoms with E-state index in [1.165, 1.54) is 23.1 Å². The van der Waals surface area contributed by atoms with Gasteiger partial charge in [0, 0.05) is 17.6 Å². The Bertz CT molecular complexity index is 1550. The van der Waals surface area contributed by atoms with E-state index in [0.29, 0.717) is 32.6 Å². The van der Waals surface area contributed by atoms with Gasteiger partial charge in [-0.25, -0.2) is 8.42 Å². The summed E-state index contributed by atoms with van der Waals surface area (Å²) in [5.41, 5.74) is 1.55. The molecule has 0 saturated heterocycles. The van der Waals surface area contributed by atoms with Gasteiger partial charge in [0.1, 0.15) is 12.6 Å². The summed E-state index contributed by atoms with van der Waals surface area (Å²) in [6.07, 6.45) is 5.32. The van der Waals surface area contributed by atoms with Crippen LogP contribution in [-0.4, -0.2) is 43.8 Å². The van der Waals surface area contributed by atoms with Crippen LogP contribution in [0, 0.1) is 6.92 Å². The van der Waals surface area contributed by atoms with E-state index in [-0.39, 0.29) is 29.1 Å². The van der Waals surface area contributed by atoms with E-state index >= 15 is 0 Å². The third-order valence-electron chi connectivity index (χ3n) is 7.72. The van der Waals surface area contributed by atoms with E-state index in [2.05, 4.69) is 5.32 Å². The number of carbonyl (C=O) groups excluding carboxylic acids is 2. The molecule has 43 heavy (non-hydrogen) atoms. The maximum absolute atomic E-state index is 14.3. The molecule has 4 rings (SSSR count). The summed E-state index contributed by atoms with van der Waals surface area (Å²) in [6, 6.07) is 17.0. The number of benzene rings is 3. The Kier molecular flexibility index (Phi) is 11.4. The fourth-order valence-electron chi connectivity index (χ4n) is 5.38. The monoisotopic (exact) mass is 663 g/mol. The van der Waals surface area contributed by atoms with Crippen molar-refractivity contribution in [2.75, 3.05) is 10.8 Å². The first-order chi connectivity index (χ1) is 20.5. The van der Waals surface area contributed by atoms with Gasteiger partial charge in [0.2, 0.25) is 11.8 Å². The summed E-state index contributed by atoms with van der Waals surface area (Å²) in [4.78, 5) is 29.4. The van der Waals surface area contributed by atoms with Gasteiger partial charge in [-0.1, -0.05) is 91.3 Å². The van der Waals surface area contributed by atoms with Crippen LogP contribution < -0.4 is 9.62 Å². The molecule has 11 heteroatoms. The molecule has 3 aromatic carbocycles. The molecule has 0 radical (unpaired) electrons. The minimum atomic E-state index is -4.19. The average Bonchev–Trinajstić information content (AvgIpc) is 2.99. The molecule has 0 bridgehead atoms. The Morgan fingerprint density at radius 2 is 1.63 bits per heavy atom. The molecule has 0 aromatic heterocycles. The quantitative estimate of drug-likeness (QED) is 0.231. The fraction of sp³-hybridized carbons (Fsp3) is 0.375. The lowest BCUT2D eigenvalue weighted by Gasteiger charge is -2.34. The number of amides is 2. The van der Waals surface area contributed by atoms with Crippen molar-refractivity contribution in [1.82, 2.24) is 10.2 Å². The van der Waals surface area contributed by atoms with Gasteiger partial charge in [0.05, 0.1) is 20.6 Å². The molecule has 1 unspecified atom stereocenters. The van der Waals surface area contributed by atoms with Crippen molar-refractivity contribution in [3.05, 3.63) is 92.9 Å². The summed E-state index contributed by atoms with van der Waals surface area (Å²) in [5.74, 6) is -0.810. The lowest BCUT2D eigenvalue weighted by molar-refractivity contribution is -0.140. The number of hydrogen-bond donors (Lipinski definition) is 1. The highest BCUT2D eigenvalue weighted by molar-refractivity contribution is 7.92. The zero-order chi connectivity index (χ0) is 31.1. The summed E-state index contributed by atoms with van der Waals surface area (Å²) in [6.45, 7) is 3.07. The van der Waals surface area contributed by atoms with Gasteiger partial charge in [0.25, 0.3) is 10.0 Å². The molecule has 0 spiro atoms. The first-order valence-corrected chi connectivity index (χ1v) is 17.0. The standard InChI is InChI=1S/C32H36Cl3N3O4S/c1-3-29(32(40)36-25-10-6-4-7-11-25)37(20-23-15-17-27(34)28(35)18-23)31(39)21-38(30-19-24(33)16-14-22(30)2)43(41,42)26-12-8-5-9-13-26/h5,8-9,12-19,25,29H,3-4,6-7,10-11,20-21H2,1-2H3,(H,36,40). The second-order valence-electron chi connectivity index (χ2n) is 10.8. The molecule has 3 aromatic rings. The first kappa shape index (κ1) is 33.1. The SMILES string of the molecule is CCC(C(=O)NC1CCCCC1)N(Cc1ccc(Cl)c(Cl)c1)C(=O)CN(c1cc(Cl)ccc1C)S(=O)(=O)c1ccccc1. The van der Waals surface area contributed by atoms with Crippen LogP contribution in [0.4, 0.5) is 5.69 Å². The highest BCUT2D eigenvalue weighted by Gasteiger charge is 2.35. The Labute approximate surface area is 269 Å². The van der Waals surface area contributed by atoms with Gasteiger partial charge >= 0.3 is 0 Å².